The first kappa shape index (κ1) is 10.6. The van der Waals surface area contributed by atoms with Crippen LogP contribution in [0.3, 0.4) is 0 Å². The van der Waals surface area contributed by atoms with Crippen molar-refractivity contribution in [3.05, 3.63) is 29.8 Å². The Labute approximate surface area is 84.5 Å². The Bertz CT molecular complexity index is 328. The zero-order valence-electron chi connectivity index (χ0n) is 8.45. The number of hydrogen-bond acceptors (Lipinski definition) is 2. The second kappa shape index (κ2) is 5.31. The predicted octanol–water partition coefficient (Wildman–Crippen LogP) is 1.82. The van der Waals surface area contributed by atoms with Crippen LogP contribution in [0.4, 0.5) is 0 Å². The first-order chi connectivity index (χ1) is 6.72. The molecule has 0 radical (unpaired) electrons. The molecule has 1 aromatic carbocycles. The summed E-state index contributed by atoms with van der Waals surface area (Å²) in [5, 5.41) is 8.99. The van der Waals surface area contributed by atoms with Crippen molar-refractivity contribution in [3.8, 4) is 17.6 Å². The molecule has 1 N–H and O–H groups in total. The van der Waals surface area contributed by atoms with Crippen LogP contribution in [0.2, 0.25) is 0 Å². The normalized spacial score (nSPS) is 11.4. The number of benzene rings is 1. The van der Waals surface area contributed by atoms with Gasteiger partial charge in [-0.1, -0.05) is 11.8 Å². The van der Waals surface area contributed by atoms with Crippen molar-refractivity contribution in [1.29, 1.82) is 0 Å². The van der Waals surface area contributed by atoms with Gasteiger partial charge in [0.25, 0.3) is 0 Å². The van der Waals surface area contributed by atoms with Crippen molar-refractivity contribution in [2.24, 2.45) is 0 Å². The monoisotopic (exact) mass is 190 g/mol. The lowest BCUT2D eigenvalue weighted by atomic mass is 10.2. The highest BCUT2D eigenvalue weighted by Gasteiger charge is 1.91. The fourth-order valence-corrected chi connectivity index (χ4v) is 0.975. The minimum absolute atomic E-state index is 0.360. The largest absolute Gasteiger partial charge is 0.497 e. The van der Waals surface area contributed by atoms with Crippen LogP contribution in [0, 0.1) is 11.8 Å². The molecular weight excluding hydrogens is 176 g/mol. The summed E-state index contributed by atoms with van der Waals surface area (Å²) in [6, 6.07) is 7.53. The van der Waals surface area contributed by atoms with E-state index < -0.39 is 0 Å². The van der Waals surface area contributed by atoms with Crippen molar-refractivity contribution in [3.63, 3.8) is 0 Å². The predicted molar refractivity (Wildman–Crippen MR) is 56.2 cm³/mol. The lowest BCUT2D eigenvalue weighted by Gasteiger charge is -1.97. The Balaban J connectivity index is 2.62. The molecule has 2 nitrogen and oxygen atoms in total. The Morgan fingerprint density at radius 3 is 2.50 bits per heavy atom. The molecule has 0 fully saturated rings. The average molecular weight is 190 g/mol. The van der Waals surface area contributed by atoms with E-state index in [2.05, 4.69) is 11.8 Å². The minimum Gasteiger partial charge on any atom is -0.497 e. The summed E-state index contributed by atoms with van der Waals surface area (Å²) in [6.07, 6.45) is 0.146. The molecule has 0 spiro atoms. The van der Waals surface area contributed by atoms with Gasteiger partial charge < -0.3 is 9.84 Å². The molecule has 0 saturated heterocycles. The van der Waals surface area contributed by atoms with E-state index in [4.69, 9.17) is 9.84 Å². The first-order valence-electron chi connectivity index (χ1n) is 4.53. The second-order valence-corrected chi connectivity index (χ2v) is 3.08. The lowest BCUT2D eigenvalue weighted by molar-refractivity contribution is 0.201. The molecule has 0 aliphatic heterocycles. The maximum atomic E-state index is 8.99. The molecule has 0 heterocycles. The first-order valence-corrected chi connectivity index (χ1v) is 4.53. The third-order valence-corrected chi connectivity index (χ3v) is 1.72. The van der Waals surface area contributed by atoms with Gasteiger partial charge in [-0.2, -0.15) is 0 Å². The number of aliphatic hydroxyl groups is 1. The number of rotatable bonds is 2. The molecule has 0 aliphatic rings. The van der Waals surface area contributed by atoms with Crippen LogP contribution >= 0.6 is 0 Å². The number of hydrogen-bond donors (Lipinski definition) is 1. The van der Waals surface area contributed by atoms with E-state index in [9.17, 15) is 0 Å². The summed E-state index contributed by atoms with van der Waals surface area (Å²) < 4.78 is 5.02. The van der Waals surface area contributed by atoms with Crippen LogP contribution in [0.25, 0.3) is 0 Å². The molecule has 0 aromatic heterocycles. The van der Waals surface area contributed by atoms with Crippen LogP contribution in [-0.4, -0.2) is 18.3 Å². The summed E-state index contributed by atoms with van der Waals surface area (Å²) in [4.78, 5) is 0. The van der Waals surface area contributed by atoms with Gasteiger partial charge in [0, 0.05) is 12.0 Å². The molecule has 1 aromatic rings. The van der Waals surface area contributed by atoms with E-state index in [0.717, 1.165) is 11.3 Å². The van der Waals surface area contributed by atoms with Gasteiger partial charge in [-0.25, -0.2) is 0 Å². The van der Waals surface area contributed by atoms with Crippen LogP contribution in [0.1, 0.15) is 18.9 Å². The molecule has 1 atom stereocenters. The van der Waals surface area contributed by atoms with Gasteiger partial charge in [-0.3, -0.25) is 0 Å². The van der Waals surface area contributed by atoms with Crippen LogP contribution in [0.5, 0.6) is 5.75 Å². The molecule has 1 unspecified atom stereocenters. The average Bonchev–Trinajstić information content (AvgIpc) is 2.18. The van der Waals surface area contributed by atoms with Gasteiger partial charge in [-0.15, -0.1) is 0 Å². The van der Waals surface area contributed by atoms with Gasteiger partial charge in [0.1, 0.15) is 5.75 Å². The van der Waals surface area contributed by atoms with E-state index in [0.29, 0.717) is 6.42 Å². The maximum Gasteiger partial charge on any atom is 0.118 e. The van der Waals surface area contributed by atoms with E-state index in [-0.39, 0.29) is 6.10 Å². The molecular formula is C12H14O2. The van der Waals surface area contributed by atoms with Crippen molar-refractivity contribution >= 4 is 0 Å². The molecule has 0 bridgehead atoms. The number of aliphatic hydroxyl groups excluding tert-OH is 1. The summed E-state index contributed by atoms with van der Waals surface area (Å²) >= 11 is 0. The topological polar surface area (TPSA) is 29.5 Å². The fourth-order valence-electron chi connectivity index (χ4n) is 0.975. The number of methoxy groups -OCH3 is 1. The molecule has 74 valence electrons. The highest BCUT2D eigenvalue weighted by molar-refractivity contribution is 5.38. The molecule has 1 rings (SSSR count). The quantitative estimate of drug-likeness (QED) is 0.721. The van der Waals surface area contributed by atoms with Gasteiger partial charge >= 0.3 is 0 Å². The van der Waals surface area contributed by atoms with Crippen LogP contribution in [0.15, 0.2) is 24.3 Å². The van der Waals surface area contributed by atoms with Crippen molar-refractivity contribution in [1.82, 2.24) is 0 Å². The SMILES string of the molecule is COc1ccc(C#CCC(C)O)cc1. The Kier molecular flexibility index (Phi) is 4.03. The smallest absolute Gasteiger partial charge is 0.118 e. The Morgan fingerprint density at radius 2 is 2.00 bits per heavy atom. The summed E-state index contributed by atoms with van der Waals surface area (Å²) in [5.41, 5.74) is 0.937. The van der Waals surface area contributed by atoms with E-state index in [1.165, 1.54) is 0 Å². The van der Waals surface area contributed by atoms with E-state index >= 15 is 0 Å². The molecule has 0 aliphatic carbocycles. The van der Waals surface area contributed by atoms with Gasteiger partial charge in [-0.05, 0) is 31.2 Å². The number of ether oxygens (including phenoxy) is 1. The second-order valence-electron chi connectivity index (χ2n) is 3.08. The molecule has 0 amide bonds. The highest BCUT2D eigenvalue weighted by atomic mass is 16.5. The Hall–Kier alpha value is -1.46. The fraction of sp³-hybridized carbons (Fsp3) is 0.333. The van der Waals surface area contributed by atoms with E-state index in [1.54, 1.807) is 14.0 Å². The third kappa shape index (κ3) is 3.51. The van der Waals surface area contributed by atoms with Gasteiger partial charge in [0.2, 0.25) is 0 Å². The minimum atomic E-state index is -0.360. The van der Waals surface area contributed by atoms with Crippen molar-refractivity contribution in [2.45, 2.75) is 19.4 Å². The van der Waals surface area contributed by atoms with Crippen molar-refractivity contribution < 1.29 is 9.84 Å². The Morgan fingerprint density at radius 1 is 1.36 bits per heavy atom. The summed E-state index contributed by atoms with van der Waals surface area (Å²) in [6.45, 7) is 1.72. The highest BCUT2D eigenvalue weighted by Crippen LogP contribution is 2.10. The van der Waals surface area contributed by atoms with Gasteiger partial charge in [0.15, 0.2) is 0 Å². The zero-order valence-corrected chi connectivity index (χ0v) is 8.45. The summed E-state index contributed by atoms with van der Waals surface area (Å²) in [7, 11) is 1.63. The van der Waals surface area contributed by atoms with Crippen LogP contribution < -0.4 is 4.74 Å². The van der Waals surface area contributed by atoms with E-state index in [1.807, 2.05) is 24.3 Å². The standard InChI is InChI=1S/C12H14O2/c1-10(13)4-3-5-11-6-8-12(14-2)9-7-11/h6-10,13H,4H2,1-2H3. The molecule has 14 heavy (non-hydrogen) atoms. The molecule has 0 saturated carbocycles. The third-order valence-electron chi connectivity index (χ3n) is 1.72. The summed E-state index contributed by atoms with van der Waals surface area (Å²) in [5.74, 6) is 6.68. The van der Waals surface area contributed by atoms with Crippen LogP contribution in [-0.2, 0) is 0 Å². The lowest BCUT2D eigenvalue weighted by Crippen LogP contribution is -1.95. The molecule has 2 heteroatoms. The van der Waals surface area contributed by atoms with Gasteiger partial charge in [0.05, 0.1) is 13.2 Å². The van der Waals surface area contributed by atoms with Crippen molar-refractivity contribution in [2.75, 3.05) is 7.11 Å². The maximum absolute atomic E-state index is 8.99. The zero-order chi connectivity index (χ0) is 10.4.